The summed E-state index contributed by atoms with van der Waals surface area (Å²) in [5.74, 6) is -1.76. The van der Waals surface area contributed by atoms with Crippen LogP contribution in [-0.2, 0) is 14.8 Å². The number of carbonyl (C=O) groups is 1. The van der Waals surface area contributed by atoms with E-state index in [4.69, 9.17) is 28.3 Å². The molecule has 0 saturated carbocycles. The summed E-state index contributed by atoms with van der Waals surface area (Å²) >= 11 is 11.9. The van der Waals surface area contributed by atoms with Gasteiger partial charge in [0.15, 0.2) is 0 Å². The summed E-state index contributed by atoms with van der Waals surface area (Å²) in [6.45, 7) is 2.02. The minimum atomic E-state index is -3.92. The molecule has 0 spiro atoms. The highest BCUT2D eigenvalue weighted by molar-refractivity contribution is 7.89. The lowest BCUT2D eigenvalue weighted by atomic mass is 9.92. The van der Waals surface area contributed by atoms with Crippen LogP contribution < -0.4 is 0 Å². The number of hydrogen-bond donors (Lipinski definition) is 1. The van der Waals surface area contributed by atoms with E-state index < -0.39 is 21.9 Å². The molecule has 2 atom stereocenters. The predicted molar refractivity (Wildman–Crippen MR) is 80.1 cm³/mol. The fourth-order valence-corrected chi connectivity index (χ4v) is 5.23. The van der Waals surface area contributed by atoms with Crippen LogP contribution in [0, 0.1) is 11.8 Å². The molecule has 5 nitrogen and oxygen atoms in total. The van der Waals surface area contributed by atoms with Gasteiger partial charge in [0.2, 0.25) is 10.0 Å². The number of benzene rings is 1. The van der Waals surface area contributed by atoms with Crippen LogP contribution in [0.15, 0.2) is 23.1 Å². The van der Waals surface area contributed by atoms with Gasteiger partial charge in [-0.05, 0) is 24.5 Å². The maximum Gasteiger partial charge on any atom is 0.307 e. The van der Waals surface area contributed by atoms with E-state index in [1.165, 1.54) is 12.1 Å². The van der Waals surface area contributed by atoms with Gasteiger partial charge in [-0.1, -0.05) is 36.2 Å². The highest BCUT2D eigenvalue weighted by Gasteiger charge is 2.37. The van der Waals surface area contributed by atoms with E-state index >= 15 is 0 Å². The van der Waals surface area contributed by atoms with E-state index in [0.29, 0.717) is 6.42 Å². The van der Waals surface area contributed by atoms with E-state index in [9.17, 15) is 13.2 Å². The van der Waals surface area contributed by atoms with Crippen LogP contribution in [0.2, 0.25) is 10.0 Å². The smallest absolute Gasteiger partial charge is 0.307 e. The van der Waals surface area contributed by atoms with Crippen molar-refractivity contribution in [2.45, 2.75) is 18.2 Å². The monoisotopic (exact) mass is 351 g/mol. The first-order chi connectivity index (χ1) is 9.73. The SMILES string of the molecule is CC1CC(C(=O)O)CN(S(=O)(=O)c2c(Cl)cccc2Cl)C1. The molecule has 1 saturated heterocycles. The van der Waals surface area contributed by atoms with Gasteiger partial charge in [-0.25, -0.2) is 8.42 Å². The molecule has 0 aromatic heterocycles. The van der Waals surface area contributed by atoms with Crippen molar-refractivity contribution in [2.75, 3.05) is 13.1 Å². The fraction of sp³-hybridized carbons (Fsp3) is 0.462. The standard InChI is InChI=1S/C13H15Cl2NO4S/c1-8-5-9(13(17)18)7-16(6-8)21(19,20)12-10(14)3-2-4-11(12)15/h2-4,8-9H,5-7H2,1H3,(H,17,18). The Kier molecular flexibility index (Phi) is 4.82. The highest BCUT2D eigenvalue weighted by atomic mass is 35.5. The van der Waals surface area contributed by atoms with Gasteiger partial charge in [0.1, 0.15) is 4.90 Å². The summed E-state index contributed by atoms with van der Waals surface area (Å²) in [5, 5.41) is 9.22. The average Bonchev–Trinajstić information content (AvgIpc) is 2.37. The second-order valence-electron chi connectivity index (χ2n) is 5.25. The van der Waals surface area contributed by atoms with Crippen LogP contribution >= 0.6 is 23.2 Å². The second kappa shape index (κ2) is 6.12. The van der Waals surface area contributed by atoms with Gasteiger partial charge in [-0.15, -0.1) is 0 Å². The second-order valence-corrected chi connectivity index (χ2v) is 7.94. The van der Waals surface area contributed by atoms with Gasteiger partial charge in [-0.3, -0.25) is 4.79 Å². The number of carboxylic acid groups (broad SMARTS) is 1. The van der Waals surface area contributed by atoms with Crippen molar-refractivity contribution in [3.05, 3.63) is 28.2 Å². The van der Waals surface area contributed by atoms with Gasteiger partial charge < -0.3 is 5.11 Å². The fourth-order valence-electron chi connectivity index (χ4n) is 2.54. The molecule has 0 radical (unpaired) electrons. The lowest BCUT2D eigenvalue weighted by molar-refractivity contribution is -0.143. The van der Waals surface area contributed by atoms with E-state index in [1.54, 1.807) is 6.07 Å². The number of hydrogen-bond acceptors (Lipinski definition) is 3. The Labute approximate surface area is 133 Å². The van der Waals surface area contributed by atoms with Crippen LogP contribution in [-0.4, -0.2) is 36.9 Å². The van der Waals surface area contributed by atoms with Crippen molar-refractivity contribution in [2.24, 2.45) is 11.8 Å². The number of halogens is 2. The normalized spacial score (nSPS) is 24.0. The summed E-state index contributed by atoms with van der Waals surface area (Å²) in [5.41, 5.74) is 0. The molecule has 21 heavy (non-hydrogen) atoms. The minimum Gasteiger partial charge on any atom is -0.481 e. The largest absolute Gasteiger partial charge is 0.481 e. The Balaban J connectivity index is 2.41. The van der Waals surface area contributed by atoms with Crippen molar-refractivity contribution in [1.29, 1.82) is 0 Å². The maximum absolute atomic E-state index is 12.7. The Morgan fingerprint density at radius 3 is 2.38 bits per heavy atom. The number of nitrogens with zero attached hydrogens (tertiary/aromatic N) is 1. The van der Waals surface area contributed by atoms with Crippen LogP contribution in [0.4, 0.5) is 0 Å². The molecular weight excluding hydrogens is 337 g/mol. The molecule has 2 rings (SSSR count). The van der Waals surface area contributed by atoms with Gasteiger partial charge in [0.05, 0.1) is 16.0 Å². The first-order valence-electron chi connectivity index (χ1n) is 6.40. The molecule has 8 heteroatoms. The van der Waals surface area contributed by atoms with E-state index in [0.717, 1.165) is 4.31 Å². The zero-order valence-electron chi connectivity index (χ0n) is 11.3. The summed E-state index contributed by atoms with van der Waals surface area (Å²) in [6, 6.07) is 4.45. The topological polar surface area (TPSA) is 74.7 Å². The number of piperidine rings is 1. The molecule has 1 aliphatic heterocycles. The van der Waals surface area contributed by atoms with Crippen LogP contribution in [0.5, 0.6) is 0 Å². The zero-order chi connectivity index (χ0) is 15.8. The molecule has 1 fully saturated rings. The molecule has 116 valence electrons. The number of sulfonamides is 1. The Hall–Kier alpha value is -0.820. The third kappa shape index (κ3) is 3.34. The molecule has 0 aliphatic carbocycles. The van der Waals surface area contributed by atoms with Gasteiger partial charge in [0.25, 0.3) is 0 Å². The molecular formula is C13H15Cl2NO4S. The first kappa shape index (κ1) is 16.5. The molecule has 1 aliphatic rings. The Bertz CT molecular complexity index is 642. The lowest BCUT2D eigenvalue weighted by Gasteiger charge is -2.34. The van der Waals surface area contributed by atoms with Crippen LogP contribution in [0.25, 0.3) is 0 Å². The molecule has 1 heterocycles. The zero-order valence-corrected chi connectivity index (χ0v) is 13.6. The average molecular weight is 352 g/mol. The molecule has 2 unspecified atom stereocenters. The molecule has 0 bridgehead atoms. The highest BCUT2D eigenvalue weighted by Crippen LogP contribution is 2.34. The van der Waals surface area contributed by atoms with Crippen molar-refractivity contribution in [1.82, 2.24) is 4.31 Å². The molecule has 0 amide bonds. The van der Waals surface area contributed by atoms with Crippen LogP contribution in [0.3, 0.4) is 0 Å². The number of aliphatic carboxylic acids is 1. The summed E-state index contributed by atoms with van der Waals surface area (Å²) in [6.07, 6.45) is 0.456. The quantitative estimate of drug-likeness (QED) is 0.908. The van der Waals surface area contributed by atoms with Gasteiger partial charge in [-0.2, -0.15) is 4.31 Å². The summed E-state index contributed by atoms with van der Waals surface area (Å²) in [7, 11) is -3.92. The maximum atomic E-state index is 12.7. The third-order valence-electron chi connectivity index (χ3n) is 3.49. The lowest BCUT2D eigenvalue weighted by Crippen LogP contribution is -2.45. The van der Waals surface area contributed by atoms with Crippen LogP contribution in [0.1, 0.15) is 13.3 Å². The van der Waals surface area contributed by atoms with Crippen molar-refractivity contribution >= 4 is 39.2 Å². The van der Waals surface area contributed by atoms with Crippen molar-refractivity contribution in [3.63, 3.8) is 0 Å². The molecule has 1 N–H and O–H groups in total. The molecule has 1 aromatic carbocycles. The third-order valence-corrected chi connectivity index (χ3v) is 6.28. The van der Waals surface area contributed by atoms with Crippen molar-refractivity contribution in [3.8, 4) is 0 Å². The van der Waals surface area contributed by atoms with Gasteiger partial charge >= 0.3 is 5.97 Å². The summed E-state index contributed by atoms with van der Waals surface area (Å²) < 4.78 is 26.6. The Morgan fingerprint density at radius 2 is 1.86 bits per heavy atom. The summed E-state index contributed by atoms with van der Waals surface area (Å²) in [4.78, 5) is 11.0. The number of rotatable bonds is 3. The first-order valence-corrected chi connectivity index (χ1v) is 8.60. The molecule has 1 aromatic rings. The van der Waals surface area contributed by atoms with E-state index in [-0.39, 0.29) is 33.9 Å². The van der Waals surface area contributed by atoms with Gasteiger partial charge in [0, 0.05) is 13.1 Å². The predicted octanol–water partition coefficient (Wildman–Crippen LogP) is 2.72. The van der Waals surface area contributed by atoms with E-state index in [2.05, 4.69) is 0 Å². The van der Waals surface area contributed by atoms with Crippen molar-refractivity contribution < 1.29 is 18.3 Å². The minimum absolute atomic E-state index is 0.0348. The Morgan fingerprint density at radius 1 is 1.29 bits per heavy atom. The van der Waals surface area contributed by atoms with E-state index in [1.807, 2.05) is 6.92 Å². The number of carboxylic acids is 1.